The van der Waals surface area contributed by atoms with Gasteiger partial charge in [0.2, 0.25) is 0 Å². The molecular weight excluding hydrogens is 240 g/mol. The molecule has 0 fully saturated rings. The predicted octanol–water partition coefficient (Wildman–Crippen LogP) is 4.26. The Morgan fingerprint density at radius 2 is 2.00 bits per heavy atom. The van der Waals surface area contributed by atoms with Crippen LogP contribution in [0, 0.1) is 0 Å². The highest BCUT2D eigenvalue weighted by Crippen LogP contribution is 2.40. The molecule has 0 bridgehead atoms. The van der Waals surface area contributed by atoms with E-state index in [0.29, 0.717) is 0 Å². The molecule has 0 spiro atoms. The Hall–Kier alpha value is -0.123. The van der Waals surface area contributed by atoms with E-state index in [1.165, 1.54) is 18.4 Å². The van der Waals surface area contributed by atoms with Gasteiger partial charge in [0.1, 0.15) is 0 Å². The second-order valence-electron chi connectivity index (χ2n) is 7.01. The monoisotopic (exact) mass is 270 g/mol. The molecular formula is C15H30O2Si. The first-order chi connectivity index (χ1) is 8.17. The minimum absolute atomic E-state index is 0.160. The third-order valence-corrected chi connectivity index (χ3v) is 8.82. The summed E-state index contributed by atoms with van der Waals surface area (Å²) in [6, 6.07) is 0. The molecule has 1 aliphatic rings. The van der Waals surface area contributed by atoms with Crippen molar-refractivity contribution in [2.45, 2.75) is 83.7 Å². The number of aliphatic hydroxyl groups excluding tert-OH is 1. The van der Waals surface area contributed by atoms with Crippen LogP contribution in [0.25, 0.3) is 0 Å². The van der Waals surface area contributed by atoms with Crippen molar-refractivity contribution in [3.63, 3.8) is 0 Å². The SMILES string of the molecule is CCCCC1=CC(O)CC1O[Si](C)(C)C(C)(C)C. The Balaban J connectivity index is 2.69. The van der Waals surface area contributed by atoms with Gasteiger partial charge in [0.15, 0.2) is 8.32 Å². The van der Waals surface area contributed by atoms with Crippen LogP contribution in [-0.4, -0.2) is 25.6 Å². The molecule has 3 heteroatoms. The summed E-state index contributed by atoms with van der Waals surface area (Å²) in [5.74, 6) is 0. The summed E-state index contributed by atoms with van der Waals surface area (Å²) in [6.45, 7) is 13.6. The van der Waals surface area contributed by atoms with Crippen LogP contribution in [0.1, 0.15) is 53.4 Å². The number of aliphatic hydroxyl groups is 1. The Morgan fingerprint density at radius 3 is 2.50 bits per heavy atom. The van der Waals surface area contributed by atoms with E-state index in [4.69, 9.17) is 4.43 Å². The molecule has 0 amide bonds. The first kappa shape index (κ1) is 15.9. The molecule has 1 aliphatic carbocycles. The molecule has 0 heterocycles. The molecule has 1 rings (SSSR count). The molecule has 0 radical (unpaired) electrons. The van der Waals surface area contributed by atoms with Gasteiger partial charge in [-0.2, -0.15) is 0 Å². The molecule has 2 atom stereocenters. The third kappa shape index (κ3) is 3.94. The highest BCUT2D eigenvalue weighted by Gasteiger charge is 2.41. The maximum atomic E-state index is 9.83. The van der Waals surface area contributed by atoms with E-state index < -0.39 is 8.32 Å². The lowest BCUT2D eigenvalue weighted by Crippen LogP contribution is -2.44. The fraction of sp³-hybridized carbons (Fsp3) is 0.867. The number of hydrogen-bond donors (Lipinski definition) is 1. The fourth-order valence-electron chi connectivity index (χ4n) is 2.07. The van der Waals surface area contributed by atoms with E-state index >= 15 is 0 Å². The Morgan fingerprint density at radius 1 is 1.39 bits per heavy atom. The van der Waals surface area contributed by atoms with Crippen LogP contribution < -0.4 is 0 Å². The Labute approximate surface area is 114 Å². The van der Waals surface area contributed by atoms with Crippen molar-refractivity contribution >= 4 is 8.32 Å². The van der Waals surface area contributed by atoms with Crippen molar-refractivity contribution in [1.29, 1.82) is 0 Å². The van der Waals surface area contributed by atoms with Crippen LogP contribution in [0.4, 0.5) is 0 Å². The molecule has 106 valence electrons. The van der Waals surface area contributed by atoms with E-state index in [0.717, 1.165) is 12.8 Å². The van der Waals surface area contributed by atoms with Gasteiger partial charge in [-0.1, -0.05) is 40.2 Å². The van der Waals surface area contributed by atoms with Gasteiger partial charge in [-0.15, -0.1) is 0 Å². The van der Waals surface area contributed by atoms with Gasteiger partial charge < -0.3 is 9.53 Å². The average molecular weight is 270 g/mol. The predicted molar refractivity (Wildman–Crippen MR) is 80.3 cm³/mol. The van der Waals surface area contributed by atoms with Gasteiger partial charge >= 0.3 is 0 Å². The van der Waals surface area contributed by atoms with Gasteiger partial charge in [0.25, 0.3) is 0 Å². The lowest BCUT2D eigenvalue weighted by molar-refractivity contribution is 0.150. The smallest absolute Gasteiger partial charge is 0.192 e. The van der Waals surface area contributed by atoms with Crippen molar-refractivity contribution in [2.75, 3.05) is 0 Å². The van der Waals surface area contributed by atoms with E-state index in [2.05, 4.69) is 40.8 Å². The standard InChI is InChI=1S/C15H30O2Si/c1-7-8-9-12-10-13(16)11-14(12)17-18(5,6)15(2,3)4/h10,13-14,16H,7-9,11H2,1-6H3. The van der Waals surface area contributed by atoms with Crippen molar-refractivity contribution in [1.82, 2.24) is 0 Å². The summed E-state index contributed by atoms with van der Waals surface area (Å²) in [6.07, 6.45) is 6.10. The fourth-order valence-corrected chi connectivity index (χ4v) is 3.39. The summed E-state index contributed by atoms with van der Waals surface area (Å²) in [7, 11) is -1.73. The quantitative estimate of drug-likeness (QED) is 0.597. The maximum Gasteiger partial charge on any atom is 0.192 e. The second kappa shape index (κ2) is 5.89. The molecule has 18 heavy (non-hydrogen) atoms. The highest BCUT2D eigenvalue weighted by molar-refractivity contribution is 6.74. The largest absolute Gasteiger partial charge is 0.410 e. The third-order valence-electron chi connectivity index (χ3n) is 4.34. The lowest BCUT2D eigenvalue weighted by atomic mass is 10.1. The van der Waals surface area contributed by atoms with Crippen molar-refractivity contribution in [2.24, 2.45) is 0 Å². The Kier molecular flexibility index (Phi) is 5.21. The molecule has 2 unspecified atom stereocenters. The molecule has 0 aromatic heterocycles. The van der Waals surface area contributed by atoms with E-state index in [1.807, 2.05) is 6.08 Å². The average Bonchev–Trinajstić information content (AvgIpc) is 2.53. The molecule has 0 saturated carbocycles. The van der Waals surface area contributed by atoms with E-state index in [-0.39, 0.29) is 17.2 Å². The lowest BCUT2D eigenvalue weighted by Gasteiger charge is -2.39. The number of rotatable bonds is 5. The summed E-state index contributed by atoms with van der Waals surface area (Å²) in [4.78, 5) is 0. The van der Waals surface area contributed by atoms with Crippen LogP contribution in [0.15, 0.2) is 11.6 Å². The highest BCUT2D eigenvalue weighted by atomic mass is 28.4. The van der Waals surface area contributed by atoms with Crippen LogP contribution in [0.2, 0.25) is 18.1 Å². The minimum Gasteiger partial charge on any atom is -0.410 e. The number of hydrogen-bond acceptors (Lipinski definition) is 2. The van der Waals surface area contributed by atoms with Gasteiger partial charge in [0.05, 0.1) is 12.2 Å². The summed E-state index contributed by atoms with van der Waals surface area (Å²) >= 11 is 0. The number of unbranched alkanes of at least 4 members (excludes halogenated alkanes) is 1. The zero-order valence-electron chi connectivity index (χ0n) is 12.9. The van der Waals surface area contributed by atoms with Gasteiger partial charge in [-0.05, 0) is 36.5 Å². The van der Waals surface area contributed by atoms with E-state index in [1.54, 1.807) is 0 Å². The van der Waals surface area contributed by atoms with Crippen LogP contribution in [0.5, 0.6) is 0 Å². The Bertz CT molecular complexity index is 302. The molecule has 1 N–H and O–H groups in total. The van der Waals surface area contributed by atoms with Crippen LogP contribution >= 0.6 is 0 Å². The zero-order chi connectivity index (χ0) is 14.0. The van der Waals surface area contributed by atoms with Crippen molar-refractivity contribution in [3.8, 4) is 0 Å². The normalized spacial score (nSPS) is 25.4. The molecule has 2 nitrogen and oxygen atoms in total. The molecule has 0 aromatic carbocycles. The minimum atomic E-state index is -1.73. The van der Waals surface area contributed by atoms with Crippen molar-refractivity contribution < 1.29 is 9.53 Å². The molecule has 0 saturated heterocycles. The summed E-state index contributed by atoms with van der Waals surface area (Å²) in [5.41, 5.74) is 1.33. The van der Waals surface area contributed by atoms with Crippen LogP contribution in [0.3, 0.4) is 0 Å². The molecule has 0 aromatic rings. The summed E-state index contributed by atoms with van der Waals surface area (Å²) < 4.78 is 6.45. The van der Waals surface area contributed by atoms with Crippen LogP contribution in [-0.2, 0) is 4.43 Å². The summed E-state index contributed by atoms with van der Waals surface area (Å²) in [5, 5.41) is 10.1. The van der Waals surface area contributed by atoms with E-state index in [9.17, 15) is 5.11 Å². The zero-order valence-corrected chi connectivity index (χ0v) is 13.9. The topological polar surface area (TPSA) is 29.5 Å². The van der Waals surface area contributed by atoms with Gasteiger partial charge in [-0.25, -0.2) is 0 Å². The first-order valence-corrected chi connectivity index (χ1v) is 10.1. The second-order valence-corrected chi connectivity index (χ2v) is 11.8. The first-order valence-electron chi connectivity index (χ1n) is 7.24. The molecule has 0 aliphatic heterocycles. The maximum absolute atomic E-state index is 9.83. The van der Waals surface area contributed by atoms with Gasteiger partial charge in [0, 0.05) is 6.42 Å². The van der Waals surface area contributed by atoms with Crippen molar-refractivity contribution in [3.05, 3.63) is 11.6 Å². The van der Waals surface area contributed by atoms with Gasteiger partial charge in [-0.3, -0.25) is 0 Å².